The van der Waals surface area contributed by atoms with Gasteiger partial charge in [0.2, 0.25) is 0 Å². The molecule has 1 aliphatic heterocycles. The lowest BCUT2D eigenvalue weighted by atomic mass is 9.91. The summed E-state index contributed by atoms with van der Waals surface area (Å²) in [5.41, 5.74) is 2.45. The summed E-state index contributed by atoms with van der Waals surface area (Å²) in [5.74, 6) is 0.590. The number of rotatable bonds is 5. The maximum absolute atomic E-state index is 6.35. The summed E-state index contributed by atoms with van der Waals surface area (Å²) in [5, 5.41) is 4.48. The fraction of sp³-hybridized carbons (Fsp3) is 0.625. The first-order valence-corrected chi connectivity index (χ1v) is 7.58. The average molecular weight is 282 g/mol. The van der Waals surface area contributed by atoms with Crippen LogP contribution < -0.4 is 5.32 Å². The van der Waals surface area contributed by atoms with Crippen LogP contribution in [0.15, 0.2) is 18.2 Å². The molecule has 19 heavy (non-hydrogen) atoms. The first kappa shape index (κ1) is 14.8. The van der Waals surface area contributed by atoms with Crippen LogP contribution in [0.2, 0.25) is 5.02 Å². The number of hydrogen-bond acceptors (Lipinski definition) is 2. The number of aryl methyl sites for hydroxylation is 1. The number of ether oxygens (including phenoxy) is 1. The van der Waals surface area contributed by atoms with E-state index in [1.54, 1.807) is 0 Å². The number of nitrogens with one attached hydrogen (secondary N) is 1. The van der Waals surface area contributed by atoms with E-state index in [1.165, 1.54) is 11.1 Å². The van der Waals surface area contributed by atoms with Crippen molar-refractivity contribution in [3.63, 3.8) is 0 Å². The summed E-state index contributed by atoms with van der Waals surface area (Å²) < 4.78 is 5.71. The van der Waals surface area contributed by atoms with Gasteiger partial charge in [0.05, 0.1) is 12.7 Å². The molecule has 0 spiro atoms. The highest BCUT2D eigenvalue weighted by Crippen LogP contribution is 2.27. The zero-order valence-corrected chi connectivity index (χ0v) is 12.8. The standard InChI is InChI=1S/C16H24ClNO/c1-4-18-16(14-8-12(3)19-10-14)9-13-6-5-11(2)7-15(13)17/h5-7,12,14,16,18H,4,8-10H2,1-3H3. The smallest absolute Gasteiger partial charge is 0.0551 e. The molecular weight excluding hydrogens is 258 g/mol. The maximum Gasteiger partial charge on any atom is 0.0551 e. The Morgan fingerprint density at radius 1 is 1.47 bits per heavy atom. The summed E-state index contributed by atoms with van der Waals surface area (Å²) in [6.45, 7) is 8.23. The molecule has 1 heterocycles. The van der Waals surface area contributed by atoms with Crippen molar-refractivity contribution in [2.75, 3.05) is 13.2 Å². The molecule has 0 aliphatic carbocycles. The fourth-order valence-electron chi connectivity index (χ4n) is 2.85. The molecule has 2 nitrogen and oxygen atoms in total. The highest BCUT2D eigenvalue weighted by atomic mass is 35.5. The van der Waals surface area contributed by atoms with E-state index in [1.807, 2.05) is 6.07 Å². The van der Waals surface area contributed by atoms with Gasteiger partial charge in [0, 0.05) is 17.0 Å². The van der Waals surface area contributed by atoms with Gasteiger partial charge in [0.1, 0.15) is 0 Å². The van der Waals surface area contributed by atoms with E-state index < -0.39 is 0 Å². The third-order valence-corrected chi connectivity index (χ3v) is 4.27. The summed E-state index contributed by atoms with van der Waals surface area (Å²) in [4.78, 5) is 0. The molecule has 0 saturated carbocycles. The second-order valence-corrected chi connectivity index (χ2v) is 6.01. The van der Waals surface area contributed by atoms with E-state index in [0.717, 1.165) is 31.0 Å². The van der Waals surface area contributed by atoms with Crippen LogP contribution in [0.3, 0.4) is 0 Å². The SMILES string of the molecule is CCNC(Cc1ccc(C)cc1Cl)C1COC(C)C1. The van der Waals surface area contributed by atoms with Crippen LogP contribution in [0.4, 0.5) is 0 Å². The zero-order chi connectivity index (χ0) is 13.8. The fourth-order valence-corrected chi connectivity index (χ4v) is 3.17. The third-order valence-electron chi connectivity index (χ3n) is 3.91. The van der Waals surface area contributed by atoms with Crippen molar-refractivity contribution in [1.29, 1.82) is 0 Å². The Bertz CT molecular complexity index is 421. The molecule has 1 aromatic rings. The van der Waals surface area contributed by atoms with Crippen molar-refractivity contribution in [3.8, 4) is 0 Å². The van der Waals surface area contributed by atoms with Crippen LogP contribution in [-0.4, -0.2) is 25.3 Å². The summed E-state index contributed by atoms with van der Waals surface area (Å²) >= 11 is 6.35. The van der Waals surface area contributed by atoms with E-state index >= 15 is 0 Å². The molecule has 0 bridgehead atoms. The molecule has 1 N–H and O–H groups in total. The molecule has 3 unspecified atom stereocenters. The minimum atomic E-state index is 0.389. The van der Waals surface area contributed by atoms with Crippen molar-refractivity contribution in [3.05, 3.63) is 34.3 Å². The first-order valence-electron chi connectivity index (χ1n) is 7.20. The predicted octanol–water partition coefficient (Wildman–Crippen LogP) is 3.59. The molecule has 1 aliphatic rings. The Morgan fingerprint density at radius 2 is 2.26 bits per heavy atom. The third kappa shape index (κ3) is 3.95. The average Bonchev–Trinajstić information content (AvgIpc) is 2.78. The number of halogens is 1. The van der Waals surface area contributed by atoms with Gasteiger partial charge in [-0.1, -0.05) is 30.7 Å². The van der Waals surface area contributed by atoms with Gasteiger partial charge in [0.25, 0.3) is 0 Å². The van der Waals surface area contributed by atoms with Gasteiger partial charge in [-0.3, -0.25) is 0 Å². The highest BCUT2D eigenvalue weighted by molar-refractivity contribution is 6.31. The van der Waals surface area contributed by atoms with Crippen molar-refractivity contribution >= 4 is 11.6 Å². The van der Waals surface area contributed by atoms with Gasteiger partial charge in [-0.15, -0.1) is 0 Å². The molecule has 1 aromatic carbocycles. The van der Waals surface area contributed by atoms with Crippen LogP contribution >= 0.6 is 11.6 Å². The number of hydrogen-bond donors (Lipinski definition) is 1. The lowest BCUT2D eigenvalue weighted by molar-refractivity contribution is 0.117. The normalized spacial score (nSPS) is 24.6. The minimum Gasteiger partial charge on any atom is -0.378 e. The van der Waals surface area contributed by atoms with Crippen molar-refractivity contribution < 1.29 is 4.74 Å². The second kappa shape index (κ2) is 6.74. The Morgan fingerprint density at radius 3 is 2.84 bits per heavy atom. The molecule has 2 rings (SSSR count). The van der Waals surface area contributed by atoms with Crippen LogP contribution in [0.1, 0.15) is 31.4 Å². The van der Waals surface area contributed by atoms with E-state index in [-0.39, 0.29) is 0 Å². The maximum atomic E-state index is 6.35. The predicted molar refractivity (Wildman–Crippen MR) is 80.9 cm³/mol. The van der Waals surface area contributed by atoms with Crippen LogP contribution in [0.25, 0.3) is 0 Å². The van der Waals surface area contributed by atoms with Crippen molar-refractivity contribution in [2.24, 2.45) is 5.92 Å². The molecule has 3 atom stereocenters. The summed E-state index contributed by atoms with van der Waals surface area (Å²) in [7, 11) is 0. The quantitative estimate of drug-likeness (QED) is 0.890. The van der Waals surface area contributed by atoms with E-state index in [9.17, 15) is 0 Å². The summed E-state index contributed by atoms with van der Waals surface area (Å²) in [6.07, 6.45) is 2.51. The number of likely N-dealkylation sites (N-methyl/N-ethyl adjacent to an activating group) is 1. The van der Waals surface area contributed by atoms with E-state index in [4.69, 9.17) is 16.3 Å². The molecular formula is C16H24ClNO. The summed E-state index contributed by atoms with van der Waals surface area (Å²) in [6, 6.07) is 6.79. The monoisotopic (exact) mass is 281 g/mol. The number of benzene rings is 1. The molecule has 0 aromatic heterocycles. The molecule has 0 radical (unpaired) electrons. The van der Waals surface area contributed by atoms with Gasteiger partial charge in [-0.25, -0.2) is 0 Å². The van der Waals surface area contributed by atoms with E-state index in [2.05, 4.69) is 38.2 Å². The van der Waals surface area contributed by atoms with Gasteiger partial charge in [-0.05, 0) is 50.4 Å². The minimum absolute atomic E-state index is 0.389. The van der Waals surface area contributed by atoms with Gasteiger partial charge < -0.3 is 10.1 Å². The highest BCUT2D eigenvalue weighted by Gasteiger charge is 2.29. The van der Waals surface area contributed by atoms with Crippen LogP contribution in [0.5, 0.6) is 0 Å². The van der Waals surface area contributed by atoms with Crippen molar-refractivity contribution in [1.82, 2.24) is 5.32 Å². The van der Waals surface area contributed by atoms with Gasteiger partial charge >= 0.3 is 0 Å². The van der Waals surface area contributed by atoms with Gasteiger partial charge in [-0.2, -0.15) is 0 Å². The Hall–Kier alpha value is -0.570. The molecule has 1 fully saturated rings. The Labute approximate surface area is 121 Å². The topological polar surface area (TPSA) is 21.3 Å². The Balaban J connectivity index is 2.07. The Kier molecular flexibility index (Phi) is 5.26. The van der Waals surface area contributed by atoms with Crippen LogP contribution in [-0.2, 0) is 11.2 Å². The second-order valence-electron chi connectivity index (χ2n) is 5.60. The van der Waals surface area contributed by atoms with E-state index in [0.29, 0.717) is 18.1 Å². The molecule has 0 amide bonds. The molecule has 3 heteroatoms. The lowest BCUT2D eigenvalue weighted by Crippen LogP contribution is -2.38. The lowest BCUT2D eigenvalue weighted by Gasteiger charge is -2.24. The van der Waals surface area contributed by atoms with Gasteiger partial charge in [0.15, 0.2) is 0 Å². The zero-order valence-electron chi connectivity index (χ0n) is 12.1. The largest absolute Gasteiger partial charge is 0.378 e. The first-order chi connectivity index (χ1) is 9.10. The van der Waals surface area contributed by atoms with Crippen molar-refractivity contribution in [2.45, 2.75) is 45.8 Å². The molecule has 1 saturated heterocycles. The van der Waals surface area contributed by atoms with Crippen LogP contribution in [0, 0.1) is 12.8 Å². The molecule has 106 valence electrons.